The second-order valence-corrected chi connectivity index (χ2v) is 11.4. The van der Waals surface area contributed by atoms with Crippen molar-refractivity contribution in [1.82, 2.24) is 14.6 Å². The number of aliphatic hydroxyl groups is 1. The average Bonchev–Trinajstić information content (AvgIpc) is 3.19. The van der Waals surface area contributed by atoms with Crippen molar-refractivity contribution in [2.24, 2.45) is 0 Å². The minimum atomic E-state index is -5.68. The molecule has 0 radical (unpaired) electrons. The van der Waals surface area contributed by atoms with Gasteiger partial charge in [0.1, 0.15) is 23.5 Å². The number of rotatable bonds is 9. The fourth-order valence-corrected chi connectivity index (χ4v) is 6.39. The van der Waals surface area contributed by atoms with Crippen LogP contribution in [0.2, 0.25) is 0 Å². The topological polar surface area (TPSA) is 245 Å². The molecule has 32 heavy (non-hydrogen) atoms. The third kappa shape index (κ3) is 5.93. The molecule has 3 rings (SSSR count). The van der Waals surface area contributed by atoms with Gasteiger partial charge in [0.05, 0.1) is 24.3 Å². The molecule has 1 aliphatic heterocycles. The third-order valence-corrected chi connectivity index (χ3v) is 8.53. The highest BCUT2D eigenvalue weighted by Crippen LogP contribution is 2.66. The largest absolute Gasteiger partial charge is 0.490 e. The zero-order valence-electron chi connectivity index (χ0n) is 15.7. The summed E-state index contributed by atoms with van der Waals surface area (Å²) in [6.07, 6.45) is -1.19. The summed E-state index contributed by atoms with van der Waals surface area (Å²) in [7, 11) is -16.6. The number of anilines is 1. The lowest BCUT2D eigenvalue weighted by Gasteiger charge is -2.27. The van der Waals surface area contributed by atoms with E-state index in [9.17, 15) is 28.6 Å². The zero-order chi connectivity index (χ0) is 23.9. The number of halogens is 1. The Morgan fingerprint density at radius 1 is 1.22 bits per heavy atom. The molecule has 0 aliphatic carbocycles. The Hall–Kier alpha value is -0.960. The van der Waals surface area contributed by atoms with Gasteiger partial charge >= 0.3 is 23.5 Å². The fraction of sp³-hybridized carbons (Fsp3) is 0.500. The number of nitrogens with two attached hydrogens (primary N) is 1. The molecule has 180 valence electrons. The minimum Gasteiger partial charge on any atom is -0.390 e. The number of aromatic nitrogens is 3. The van der Waals surface area contributed by atoms with Gasteiger partial charge in [-0.2, -0.15) is 13.7 Å². The predicted octanol–water partition coefficient (Wildman–Crippen LogP) is 0.455. The highest BCUT2D eigenvalue weighted by atomic mass is 35.5. The number of ether oxygens (including phenoxy) is 1. The van der Waals surface area contributed by atoms with Gasteiger partial charge in [-0.05, 0) is 12.1 Å². The van der Waals surface area contributed by atoms with Crippen LogP contribution in [0.3, 0.4) is 0 Å². The van der Waals surface area contributed by atoms with E-state index in [0.717, 1.165) is 0 Å². The SMILES string of the molecule is Nc1ncnn2c([C@@H]3O[C@](CCl)(COP(=O)(O)OP(=O)(O)OP(=O)(O)O)C[C@H]3O)ccc12. The molecule has 0 bridgehead atoms. The van der Waals surface area contributed by atoms with E-state index in [-0.39, 0.29) is 18.1 Å². The molecule has 20 heteroatoms. The molecule has 3 heterocycles. The number of phosphoric ester groups is 1. The van der Waals surface area contributed by atoms with Crippen LogP contribution >= 0.6 is 35.1 Å². The maximum absolute atomic E-state index is 12.0. The normalized spacial score (nSPS) is 27.9. The molecule has 7 N–H and O–H groups in total. The lowest BCUT2D eigenvalue weighted by molar-refractivity contribution is -0.0684. The molecule has 0 saturated carbocycles. The van der Waals surface area contributed by atoms with Gasteiger partial charge in [-0.15, -0.1) is 11.6 Å². The van der Waals surface area contributed by atoms with E-state index in [1.54, 1.807) is 12.1 Å². The second-order valence-electron chi connectivity index (χ2n) is 6.69. The molecule has 2 unspecified atom stereocenters. The smallest absolute Gasteiger partial charge is 0.390 e. The number of phosphoric acid groups is 3. The third-order valence-electron chi connectivity index (χ3n) is 4.26. The van der Waals surface area contributed by atoms with Gasteiger partial charge in [-0.25, -0.2) is 23.2 Å². The summed E-state index contributed by atoms with van der Waals surface area (Å²) in [5, 5.41) is 14.6. The molecule has 2 aromatic heterocycles. The van der Waals surface area contributed by atoms with E-state index >= 15 is 0 Å². The monoisotopic (exact) mass is 538 g/mol. The number of fused-ring (bicyclic) bond motifs is 1. The minimum absolute atomic E-state index is 0.176. The Morgan fingerprint density at radius 2 is 1.91 bits per heavy atom. The Kier molecular flexibility index (Phi) is 7.22. The van der Waals surface area contributed by atoms with Crippen molar-refractivity contribution in [1.29, 1.82) is 0 Å². The molecule has 0 spiro atoms. The van der Waals surface area contributed by atoms with Crippen LogP contribution < -0.4 is 5.73 Å². The van der Waals surface area contributed by atoms with Gasteiger partial charge in [0.2, 0.25) is 0 Å². The van der Waals surface area contributed by atoms with E-state index in [2.05, 4.69) is 23.2 Å². The Morgan fingerprint density at radius 3 is 2.53 bits per heavy atom. The average molecular weight is 539 g/mol. The molecule has 0 aromatic carbocycles. The predicted molar refractivity (Wildman–Crippen MR) is 105 cm³/mol. The highest BCUT2D eigenvalue weighted by Gasteiger charge is 2.49. The maximum atomic E-state index is 12.0. The van der Waals surface area contributed by atoms with E-state index in [0.29, 0.717) is 11.2 Å². The summed E-state index contributed by atoms with van der Waals surface area (Å²) < 4.78 is 53.2. The summed E-state index contributed by atoms with van der Waals surface area (Å²) in [4.78, 5) is 39.8. The summed E-state index contributed by atoms with van der Waals surface area (Å²) >= 11 is 5.94. The van der Waals surface area contributed by atoms with Gasteiger partial charge in [0.25, 0.3) is 0 Å². The van der Waals surface area contributed by atoms with Gasteiger partial charge in [-0.3, -0.25) is 4.52 Å². The molecule has 1 aliphatic rings. The van der Waals surface area contributed by atoms with E-state index in [1.807, 2.05) is 0 Å². The molecule has 1 saturated heterocycles. The standard InChI is InChI=1S/C12H18ClN4O12P3/c13-4-12(5-26-31(22,23)29-32(24,25)28-30(19,20)21)3-9(18)10(27-12)7-1-2-8-11(14)15-6-16-17(7)8/h1-2,6,9-10,18H,3-5H2,(H,22,23)(H,24,25)(H2,14,15,16)(H2,19,20,21)/t9-,10+,12-/m1/s1. The zero-order valence-corrected chi connectivity index (χ0v) is 19.2. The molecular weight excluding hydrogens is 521 g/mol. The molecular formula is C12H18ClN4O12P3. The summed E-state index contributed by atoms with van der Waals surface area (Å²) in [6, 6.07) is 3.16. The Balaban J connectivity index is 1.74. The van der Waals surface area contributed by atoms with Crippen LogP contribution in [0.25, 0.3) is 5.52 Å². The van der Waals surface area contributed by atoms with Crippen LogP contribution in [0, 0.1) is 0 Å². The Labute approximate surface area is 184 Å². The highest BCUT2D eigenvalue weighted by molar-refractivity contribution is 7.66. The first-order valence-electron chi connectivity index (χ1n) is 8.44. The Bertz CT molecular complexity index is 1140. The van der Waals surface area contributed by atoms with E-state index in [1.165, 1.54) is 10.8 Å². The van der Waals surface area contributed by atoms with Crippen LogP contribution in [0.5, 0.6) is 0 Å². The van der Waals surface area contributed by atoms with Crippen molar-refractivity contribution in [3.05, 3.63) is 24.2 Å². The van der Waals surface area contributed by atoms with Crippen molar-refractivity contribution >= 4 is 46.4 Å². The number of nitrogens with zero attached hydrogens (tertiary/aromatic N) is 3. The van der Waals surface area contributed by atoms with Crippen LogP contribution in [-0.4, -0.2) is 63.5 Å². The van der Waals surface area contributed by atoms with Crippen molar-refractivity contribution in [2.45, 2.75) is 24.2 Å². The molecule has 5 atom stereocenters. The molecule has 1 fully saturated rings. The van der Waals surface area contributed by atoms with Crippen LogP contribution in [0.1, 0.15) is 18.2 Å². The van der Waals surface area contributed by atoms with Crippen LogP contribution in [0.15, 0.2) is 18.5 Å². The van der Waals surface area contributed by atoms with Crippen molar-refractivity contribution < 1.29 is 56.3 Å². The number of aliphatic hydroxyl groups excluding tert-OH is 1. The van der Waals surface area contributed by atoms with E-state index < -0.39 is 47.9 Å². The van der Waals surface area contributed by atoms with Crippen molar-refractivity contribution in [3.63, 3.8) is 0 Å². The number of nitrogen functional groups attached to an aromatic ring is 1. The van der Waals surface area contributed by atoms with Gasteiger partial charge < -0.3 is 35.2 Å². The van der Waals surface area contributed by atoms with E-state index in [4.69, 9.17) is 31.9 Å². The summed E-state index contributed by atoms with van der Waals surface area (Å²) in [5.41, 5.74) is 5.03. The van der Waals surface area contributed by atoms with Gasteiger partial charge in [-0.1, -0.05) is 0 Å². The number of alkyl halides is 1. The van der Waals surface area contributed by atoms with Gasteiger partial charge in [0.15, 0.2) is 5.82 Å². The summed E-state index contributed by atoms with van der Waals surface area (Å²) in [6.45, 7) is -0.811. The first-order valence-corrected chi connectivity index (χ1v) is 13.5. The molecule has 0 amide bonds. The van der Waals surface area contributed by atoms with Crippen molar-refractivity contribution in [2.75, 3.05) is 18.2 Å². The lowest BCUT2D eigenvalue weighted by atomic mass is 10.0. The first-order chi connectivity index (χ1) is 14.7. The first kappa shape index (κ1) is 25.7. The molecule has 16 nitrogen and oxygen atoms in total. The van der Waals surface area contributed by atoms with Crippen molar-refractivity contribution in [3.8, 4) is 0 Å². The number of hydrogen-bond acceptors (Lipinski definition) is 11. The maximum Gasteiger partial charge on any atom is 0.490 e. The number of hydrogen-bond donors (Lipinski definition) is 6. The molecule has 2 aromatic rings. The summed E-state index contributed by atoms with van der Waals surface area (Å²) in [5.74, 6) is -0.175. The lowest BCUT2D eigenvalue weighted by Crippen LogP contribution is -2.36. The quantitative estimate of drug-likeness (QED) is 0.187. The van der Waals surface area contributed by atoms with Crippen LogP contribution in [0.4, 0.5) is 5.82 Å². The second kappa shape index (κ2) is 9.01. The van der Waals surface area contributed by atoms with Gasteiger partial charge in [0, 0.05) is 6.42 Å². The fourth-order valence-electron chi connectivity index (χ4n) is 3.05. The van der Waals surface area contributed by atoms with Crippen LogP contribution in [-0.2, 0) is 31.6 Å².